The molecule has 0 bridgehead atoms. The molecule has 1 saturated carbocycles. The summed E-state index contributed by atoms with van der Waals surface area (Å²) in [5.74, 6) is 2.11. The Balaban J connectivity index is 1.49. The van der Waals surface area contributed by atoms with Gasteiger partial charge >= 0.3 is 0 Å². The summed E-state index contributed by atoms with van der Waals surface area (Å²) in [7, 11) is 1.71. The first-order chi connectivity index (χ1) is 11.2. The van der Waals surface area contributed by atoms with E-state index in [0.29, 0.717) is 17.9 Å². The zero-order valence-corrected chi connectivity index (χ0v) is 14.0. The highest BCUT2D eigenvalue weighted by atomic mass is 16.5. The highest BCUT2D eigenvalue weighted by Crippen LogP contribution is 2.27. The predicted molar refractivity (Wildman–Crippen MR) is 95.2 cm³/mol. The van der Waals surface area contributed by atoms with Gasteiger partial charge in [-0.1, -0.05) is 18.9 Å². The van der Waals surface area contributed by atoms with Crippen LogP contribution >= 0.6 is 0 Å². The Bertz CT molecular complexity index is 540. The van der Waals surface area contributed by atoms with Crippen LogP contribution in [0.25, 0.3) is 0 Å². The van der Waals surface area contributed by atoms with Crippen molar-refractivity contribution in [2.75, 3.05) is 31.6 Å². The maximum Gasteiger partial charge on any atom is 0.188 e. The average molecular weight is 316 g/mol. The second-order valence-electron chi connectivity index (χ2n) is 6.65. The molecule has 5 heteroatoms. The minimum absolute atomic E-state index is 0.538. The van der Waals surface area contributed by atoms with Crippen LogP contribution < -0.4 is 20.7 Å². The summed E-state index contributed by atoms with van der Waals surface area (Å²) >= 11 is 0. The van der Waals surface area contributed by atoms with Gasteiger partial charge in [0.1, 0.15) is 5.75 Å². The van der Waals surface area contributed by atoms with Crippen LogP contribution in [0, 0.1) is 5.92 Å². The molecule has 2 aliphatic rings. The molecule has 23 heavy (non-hydrogen) atoms. The number of anilines is 1. The minimum atomic E-state index is 0.538. The van der Waals surface area contributed by atoms with Gasteiger partial charge in [0, 0.05) is 37.4 Å². The molecule has 1 heterocycles. The van der Waals surface area contributed by atoms with Crippen molar-refractivity contribution in [1.82, 2.24) is 5.32 Å². The summed E-state index contributed by atoms with van der Waals surface area (Å²) in [5, 5.41) is 3.36. The van der Waals surface area contributed by atoms with Crippen molar-refractivity contribution >= 4 is 11.6 Å². The van der Waals surface area contributed by atoms with Crippen LogP contribution in [-0.2, 0) is 0 Å². The predicted octanol–water partition coefficient (Wildman–Crippen LogP) is 2.37. The highest BCUT2D eigenvalue weighted by molar-refractivity contribution is 5.78. The molecule has 0 amide bonds. The first-order valence-corrected chi connectivity index (χ1v) is 8.70. The van der Waals surface area contributed by atoms with Gasteiger partial charge < -0.3 is 20.7 Å². The Hall–Kier alpha value is -1.91. The lowest BCUT2D eigenvalue weighted by molar-refractivity contribution is 0.415. The molecule has 3 N–H and O–H groups in total. The van der Waals surface area contributed by atoms with Gasteiger partial charge in [0.05, 0.1) is 7.11 Å². The molecule has 0 spiro atoms. The summed E-state index contributed by atoms with van der Waals surface area (Å²) in [6.07, 6.45) is 6.23. The number of hydrogen-bond donors (Lipinski definition) is 2. The monoisotopic (exact) mass is 316 g/mol. The zero-order valence-electron chi connectivity index (χ0n) is 14.0. The van der Waals surface area contributed by atoms with Gasteiger partial charge in [-0.25, -0.2) is 0 Å². The largest absolute Gasteiger partial charge is 0.497 e. The number of nitrogens with two attached hydrogens (primary N) is 1. The number of nitrogens with zero attached hydrogens (tertiary/aromatic N) is 2. The number of nitrogens with one attached hydrogen (secondary N) is 1. The van der Waals surface area contributed by atoms with Gasteiger partial charge in [-0.2, -0.15) is 0 Å². The van der Waals surface area contributed by atoms with E-state index in [1.165, 1.54) is 31.4 Å². The summed E-state index contributed by atoms with van der Waals surface area (Å²) in [4.78, 5) is 6.97. The van der Waals surface area contributed by atoms with Crippen LogP contribution in [0.3, 0.4) is 0 Å². The van der Waals surface area contributed by atoms with E-state index in [-0.39, 0.29) is 0 Å². The number of methoxy groups -OCH3 is 1. The fourth-order valence-electron chi connectivity index (χ4n) is 3.58. The Morgan fingerprint density at radius 2 is 2.17 bits per heavy atom. The Morgan fingerprint density at radius 3 is 2.96 bits per heavy atom. The molecule has 2 fully saturated rings. The van der Waals surface area contributed by atoms with Gasteiger partial charge in [0.2, 0.25) is 0 Å². The standard InChI is InChI=1S/C18H28N4O/c1-23-17-8-4-7-16(11-17)22-10-9-14(13-22)12-20-18(19)21-15-5-2-3-6-15/h4,7-8,11,14-15H,2-3,5-6,9-10,12-13H2,1H3,(H3,19,20,21). The van der Waals surface area contributed by atoms with E-state index in [0.717, 1.165) is 31.8 Å². The molecule has 126 valence electrons. The maximum absolute atomic E-state index is 6.02. The number of hydrogen-bond acceptors (Lipinski definition) is 3. The second-order valence-corrected chi connectivity index (χ2v) is 6.65. The second kappa shape index (κ2) is 7.57. The van der Waals surface area contributed by atoms with Crippen molar-refractivity contribution in [2.45, 2.75) is 38.1 Å². The van der Waals surface area contributed by atoms with Crippen molar-refractivity contribution < 1.29 is 4.74 Å². The fraction of sp³-hybridized carbons (Fsp3) is 0.611. The molecule has 1 aliphatic heterocycles. The fourth-order valence-corrected chi connectivity index (χ4v) is 3.58. The smallest absolute Gasteiger partial charge is 0.188 e. The van der Waals surface area contributed by atoms with Crippen LogP contribution in [0.2, 0.25) is 0 Å². The van der Waals surface area contributed by atoms with E-state index in [4.69, 9.17) is 10.5 Å². The number of benzene rings is 1. The summed E-state index contributed by atoms with van der Waals surface area (Å²) in [5.41, 5.74) is 7.25. The maximum atomic E-state index is 6.02. The van der Waals surface area contributed by atoms with Crippen LogP contribution in [0.1, 0.15) is 32.1 Å². The number of guanidine groups is 1. The van der Waals surface area contributed by atoms with Crippen molar-refractivity contribution in [3.05, 3.63) is 24.3 Å². The minimum Gasteiger partial charge on any atom is -0.497 e. The lowest BCUT2D eigenvalue weighted by atomic mass is 10.1. The molecular formula is C18H28N4O. The SMILES string of the molecule is COc1cccc(N2CCC(CN=C(N)NC3CCCC3)C2)c1. The topological polar surface area (TPSA) is 62.9 Å². The first kappa shape index (κ1) is 16.0. The van der Waals surface area contributed by atoms with Crippen molar-refractivity contribution in [1.29, 1.82) is 0 Å². The van der Waals surface area contributed by atoms with E-state index in [1.807, 2.05) is 12.1 Å². The summed E-state index contributed by atoms with van der Waals surface area (Å²) in [6, 6.07) is 8.81. The Morgan fingerprint density at radius 1 is 1.35 bits per heavy atom. The lowest BCUT2D eigenvalue weighted by Gasteiger charge is -2.19. The number of rotatable bonds is 5. The van der Waals surface area contributed by atoms with Crippen molar-refractivity contribution in [3.63, 3.8) is 0 Å². The van der Waals surface area contributed by atoms with Gasteiger partial charge in [0.15, 0.2) is 5.96 Å². The number of ether oxygens (including phenoxy) is 1. The van der Waals surface area contributed by atoms with Gasteiger partial charge in [-0.15, -0.1) is 0 Å². The van der Waals surface area contributed by atoms with E-state index in [2.05, 4.69) is 27.3 Å². The molecule has 1 unspecified atom stereocenters. The Labute approximate surface area is 138 Å². The normalized spacial score (nSPS) is 22.6. The van der Waals surface area contributed by atoms with Crippen LogP contribution in [-0.4, -0.2) is 38.7 Å². The zero-order chi connectivity index (χ0) is 16.1. The molecule has 5 nitrogen and oxygen atoms in total. The van der Waals surface area contributed by atoms with Gasteiger partial charge in [0.25, 0.3) is 0 Å². The average Bonchev–Trinajstić information content (AvgIpc) is 3.24. The molecule has 1 aromatic rings. The first-order valence-electron chi connectivity index (χ1n) is 8.70. The third-order valence-electron chi connectivity index (χ3n) is 4.93. The molecular weight excluding hydrogens is 288 g/mol. The van der Waals surface area contributed by atoms with Crippen LogP contribution in [0.15, 0.2) is 29.3 Å². The lowest BCUT2D eigenvalue weighted by Crippen LogP contribution is -2.38. The van der Waals surface area contributed by atoms with E-state index >= 15 is 0 Å². The Kier molecular flexibility index (Phi) is 5.26. The summed E-state index contributed by atoms with van der Waals surface area (Å²) < 4.78 is 5.31. The van der Waals surface area contributed by atoms with E-state index < -0.39 is 0 Å². The van der Waals surface area contributed by atoms with Crippen molar-refractivity contribution in [3.8, 4) is 5.75 Å². The third kappa shape index (κ3) is 4.30. The molecule has 1 atom stereocenters. The molecule has 1 saturated heterocycles. The quantitative estimate of drug-likeness (QED) is 0.647. The van der Waals surface area contributed by atoms with E-state index in [1.54, 1.807) is 7.11 Å². The molecule has 0 aromatic heterocycles. The van der Waals surface area contributed by atoms with Crippen LogP contribution in [0.4, 0.5) is 5.69 Å². The third-order valence-corrected chi connectivity index (χ3v) is 4.93. The van der Waals surface area contributed by atoms with Gasteiger partial charge in [-0.3, -0.25) is 4.99 Å². The molecule has 1 aliphatic carbocycles. The molecule has 0 radical (unpaired) electrons. The number of aliphatic imine (C=N–C) groups is 1. The summed E-state index contributed by atoms with van der Waals surface area (Å²) in [6.45, 7) is 2.92. The highest BCUT2D eigenvalue weighted by Gasteiger charge is 2.23. The van der Waals surface area contributed by atoms with Crippen molar-refractivity contribution in [2.24, 2.45) is 16.6 Å². The molecule has 3 rings (SSSR count). The molecule has 1 aromatic carbocycles. The van der Waals surface area contributed by atoms with Gasteiger partial charge in [-0.05, 0) is 37.3 Å². The van der Waals surface area contributed by atoms with Crippen LogP contribution in [0.5, 0.6) is 5.75 Å². The van der Waals surface area contributed by atoms with E-state index in [9.17, 15) is 0 Å².